The molecule has 0 unspecified atom stereocenters. The van der Waals surface area contributed by atoms with Crippen LogP contribution in [0.3, 0.4) is 0 Å². The number of nitrogens with zero attached hydrogens (tertiary/aromatic N) is 1. The van der Waals surface area contributed by atoms with Gasteiger partial charge >= 0.3 is 0 Å². The molecule has 0 bridgehead atoms. The third-order valence-electron chi connectivity index (χ3n) is 3.71. The van der Waals surface area contributed by atoms with Crippen LogP contribution in [-0.4, -0.2) is 23.5 Å². The molecule has 1 aliphatic carbocycles. The summed E-state index contributed by atoms with van der Waals surface area (Å²) in [4.78, 5) is 17.1. The molecule has 0 aliphatic heterocycles. The Kier molecular flexibility index (Phi) is 3.40. The zero-order valence-corrected chi connectivity index (χ0v) is 11.6. The summed E-state index contributed by atoms with van der Waals surface area (Å²) in [6.45, 7) is 2.34. The molecule has 1 aromatic carbocycles. The van der Waals surface area contributed by atoms with Crippen LogP contribution in [0.15, 0.2) is 30.3 Å². The molecule has 0 spiro atoms. The SMILES string of the molecule is C[C@@H](CN)NC(=O)c1cc(C2CC2)nc2ccccc12. The maximum Gasteiger partial charge on any atom is 0.252 e. The van der Waals surface area contributed by atoms with E-state index < -0.39 is 0 Å². The van der Waals surface area contributed by atoms with Gasteiger partial charge in [-0.2, -0.15) is 0 Å². The lowest BCUT2D eigenvalue weighted by molar-refractivity contribution is 0.0943. The summed E-state index contributed by atoms with van der Waals surface area (Å²) in [7, 11) is 0. The Morgan fingerprint density at radius 2 is 2.20 bits per heavy atom. The highest BCUT2D eigenvalue weighted by molar-refractivity contribution is 6.06. The van der Waals surface area contributed by atoms with Crippen LogP contribution in [0.4, 0.5) is 0 Å². The largest absolute Gasteiger partial charge is 0.348 e. The fraction of sp³-hybridized carbons (Fsp3) is 0.375. The van der Waals surface area contributed by atoms with E-state index in [1.165, 1.54) is 12.8 Å². The van der Waals surface area contributed by atoms with Gasteiger partial charge in [-0.1, -0.05) is 18.2 Å². The quantitative estimate of drug-likeness (QED) is 0.894. The van der Waals surface area contributed by atoms with Crippen molar-refractivity contribution in [2.24, 2.45) is 5.73 Å². The van der Waals surface area contributed by atoms with Crippen molar-refractivity contribution >= 4 is 16.8 Å². The Morgan fingerprint density at radius 3 is 2.90 bits per heavy atom. The van der Waals surface area contributed by atoms with Gasteiger partial charge in [0.2, 0.25) is 0 Å². The van der Waals surface area contributed by atoms with Gasteiger partial charge in [0.15, 0.2) is 0 Å². The lowest BCUT2D eigenvalue weighted by Crippen LogP contribution is -2.37. The van der Waals surface area contributed by atoms with Crippen LogP contribution in [0.25, 0.3) is 10.9 Å². The van der Waals surface area contributed by atoms with Gasteiger partial charge in [-0.15, -0.1) is 0 Å². The smallest absolute Gasteiger partial charge is 0.252 e. The van der Waals surface area contributed by atoms with Gasteiger partial charge in [0.1, 0.15) is 0 Å². The fourth-order valence-electron chi connectivity index (χ4n) is 2.33. The standard InChI is InChI=1S/C16H19N3O/c1-10(9-17)18-16(20)13-8-15(11-6-7-11)19-14-5-3-2-4-12(13)14/h2-5,8,10-11H,6-7,9,17H2,1H3,(H,18,20)/t10-/m0/s1. The molecule has 1 fully saturated rings. The Balaban J connectivity index is 2.05. The number of amides is 1. The van der Waals surface area contributed by atoms with E-state index >= 15 is 0 Å². The zero-order valence-electron chi connectivity index (χ0n) is 11.6. The van der Waals surface area contributed by atoms with Crippen molar-refractivity contribution in [1.29, 1.82) is 0 Å². The second-order valence-corrected chi connectivity index (χ2v) is 5.50. The molecule has 3 rings (SSSR count). The molecule has 1 saturated carbocycles. The van der Waals surface area contributed by atoms with Crippen molar-refractivity contribution in [2.45, 2.75) is 31.7 Å². The van der Waals surface area contributed by atoms with Gasteiger partial charge in [0.25, 0.3) is 5.91 Å². The first-order valence-corrected chi connectivity index (χ1v) is 7.09. The summed E-state index contributed by atoms with van der Waals surface area (Å²) in [5.74, 6) is 0.460. The Labute approximate surface area is 118 Å². The molecular weight excluding hydrogens is 250 g/mol. The van der Waals surface area contributed by atoms with Crippen LogP contribution >= 0.6 is 0 Å². The van der Waals surface area contributed by atoms with E-state index in [2.05, 4.69) is 10.3 Å². The summed E-state index contributed by atoms with van der Waals surface area (Å²) in [5, 5.41) is 3.83. The van der Waals surface area contributed by atoms with E-state index in [1.54, 1.807) is 0 Å². The number of para-hydroxylation sites is 1. The van der Waals surface area contributed by atoms with E-state index in [9.17, 15) is 4.79 Å². The molecule has 3 N–H and O–H groups in total. The summed E-state index contributed by atoms with van der Waals surface area (Å²) in [6, 6.07) is 9.71. The minimum Gasteiger partial charge on any atom is -0.348 e. The summed E-state index contributed by atoms with van der Waals surface area (Å²) < 4.78 is 0. The predicted molar refractivity (Wildman–Crippen MR) is 79.7 cm³/mol. The minimum atomic E-state index is -0.0662. The monoisotopic (exact) mass is 269 g/mol. The number of carbonyl (C=O) groups is 1. The molecule has 2 aromatic rings. The predicted octanol–water partition coefficient (Wildman–Crippen LogP) is 2.19. The number of benzene rings is 1. The highest BCUT2D eigenvalue weighted by Gasteiger charge is 2.27. The fourth-order valence-corrected chi connectivity index (χ4v) is 2.33. The molecule has 1 aliphatic rings. The molecular formula is C16H19N3O. The van der Waals surface area contributed by atoms with Crippen LogP contribution in [0, 0.1) is 0 Å². The van der Waals surface area contributed by atoms with Gasteiger partial charge in [0.05, 0.1) is 11.1 Å². The van der Waals surface area contributed by atoms with Crippen molar-refractivity contribution in [3.63, 3.8) is 0 Å². The number of hydrogen-bond acceptors (Lipinski definition) is 3. The molecule has 1 heterocycles. The lowest BCUT2D eigenvalue weighted by Gasteiger charge is -2.13. The number of rotatable bonds is 4. The van der Waals surface area contributed by atoms with Crippen molar-refractivity contribution in [1.82, 2.24) is 10.3 Å². The number of fused-ring (bicyclic) bond motifs is 1. The highest BCUT2D eigenvalue weighted by Crippen LogP contribution is 2.40. The molecule has 104 valence electrons. The van der Waals surface area contributed by atoms with Gasteiger partial charge in [-0.3, -0.25) is 9.78 Å². The molecule has 1 amide bonds. The van der Waals surface area contributed by atoms with Gasteiger partial charge < -0.3 is 11.1 Å². The molecule has 20 heavy (non-hydrogen) atoms. The third kappa shape index (κ3) is 2.51. The first kappa shape index (κ1) is 13.1. The van der Waals surface area contributed by atoms with E-state index in [4.69, 9.17) is 5.73 Å². The topological polar surface area (TPSA) is 68.0 Å². The molecule has 0 radical (unpaired) electrons. The second-order valence-electron chi connectivity index (χ2n) is 5.50. The molecule has 0 saturated heterocycles. The lowest BCUT2D eigenvalue weighted by atomic mass is 10.0. The van der Waals surface area contributed by atoms with Crippen molar-refractivity contribution < 1.29 is 4.79 Å². The van der Waals surface area contributed by atoms with Crippen LogP contribution in [0.5, 0.6) is 0 Å². The Hall–Kier alpha value is -1.94. The molecule has 1 aromatic heterocycles. The van der Waals surface area contributed by atoms with Gasteiger partial charge in [-0.05, 0) is 31.9 Å². The second kappa shape index (κ2) is 5.21. The van der Waals surface area contributed by atoms with E-state index in [0.717, 1.165) is 16.6 Å². The van der Waals surface area contributed by atoms with Crippen LogP contribution in [-0.2, 0) is 0 Å². The number of pyridine rings is 1. The maximum absolute atomic E-state index is 12.4. The van der Waals surface area contributed by atoms with E-state index in [-0.39, 0.29) is 11.9 Å². The number of nitrogens with one attached hydrogen (secondary N) is 1. The number of aromatic nitrogens is 1. The maximum atomic E-state index is 12.4. The summed E-state index contributed by atoms with van der Waals surface area (Å²) in [6.07, 6.45) is 2.34. The molecule has 1 atom stereocenters. The number of nitrogens with two attached hydrogens (primary N) is 1. The summed E-state index contributed by atoms with van der Waals surface area (Å²) >= 11 is 0. The normalized spacial score (nSPS) is 16.1. The first-order valence-electron chi connectivity index (χ1n) is 7.09. The van der Waals surface area contributed by atoms with Crippen LogP contribution in [0.2, 0.25) is 0 Å². The number of carbonyl (C=O) groups excluding carboxylic acids is 1. The molecule has 4 heteroatoms. The van der Waals surface area contributed by atoms with Crippen LogP contribution in [0.1, 0.15) is 41.7 Å². The van der Waals surface area contributed by atoms with Crippen molar-refractivity contribution in [2.75, 3.05) is 6.54 Å². The Morgan fingerprint density at radius 1 is 1.45 bits per heavy atom. The third-order valence-corrected chi connectivity index (χ3v) is 3.71. The molecule has 4 nitrogen and oxygen atoms in total. The number of hydrogen-bond donors (Lipinski definition) is 2. The highest BCUT2D eigenvalue weighted by atomic mass is 16.1. The zero-order chi connectivity index (χ0) is 14.1. The van der Waals surface area contributed by atoms with Crippen molar-refractivity contribution in [3.8, 4) is 0 Å². The van der Waals surface area contributed by atoms with E-state index in [1.807, 2.05) is 37.3 Å². The van der Waals surface area contributed by atoms with Crippen molar-refractivity contribution in [3.05, 3.63) is 41.6 Å². The first-order chi connectivity index (χ1) is 9.69. The van der Waals surface area contributed by atoms with Gasteiger partial charge in [0, 0.05) is 29.6 Å². The summed E-state index contributed by atoms with van der Waals surface area (Å²) in [5.41, 5.74) is 8.21. The van der Waals surface area contributed by atoms with Crippen LogP contribution < -0.4 is 11.1 Å². The van der Waals surface area contributed by atoms with E-state index in [0.29, 0.717) is 18.0 Å². The minimum absolute atomic E-state index is 0.0289. The Bertz CT molecular complexity index is 649. The average molecular weight is 269 g/mol. The average Bonchev–Trinajstić information content (AvgIpc) is 3.30. The van der Waals surface area contributed by atoms with Gasteiger partial charge in [-0.25, -0.2) is 0 Å².